The van der Waals surface area contributed by atoms with E-state index in [-0.39, 0.29) is 6.71 Å². The Morgan fingerprint density at radius 2 is 1.39 bits per heavy atom. The van der Waals surface area contributed by atoms with Gasteiger partial charge in [-0.2, -0.15) is 0 Å². The van der Waals surface area contributed by atoms with Gasteiger partial charge in [0.1, 0.15) is 5.82 Å². The van der Waals surface area contributed by atoms with Crippen molar-refractivity contribution >= 4 is 64.0 Å². The first-order valence-corrected chi connectivity index (χ1v) is 12.4. The fraction of sp³-hybridized carbons (Fsp3) is 0.192. The fourth-order valence-corrected chi connectivity index (χ4v) is 4.65. The van der Waals surface area contributed by atoms with E-state index in [9.17, 15) is 0 Å². The van der Waals surface area contributed by atoms with Crippen LogP contribution < -0.4 is 10.9 Å². The van der Waals surface area contributed by atoms with E-state index in [1.807, 2.05) is 54.7 Å². The summed E-state index contributed by atoms with van der Waals surface area (Å²) in [6.07, 6.45) is 4.50. The molecule has 0 bridgehead atoms. The maximum absolute atomic E-state index is 6.26. The van der Waals surface area contributed by atoms with E-state index < -0.39 is 0 Å². The van der Waals surface area contributed by atoms with Crippen LogP contribution in [0.5, 0.6) is 0 Å². The molecule has 0 aliphatic carbocycles. The number of hydrogen-bond acceptors (Lipinski definition) is 1. The van der Waals surface area contributed by atoms with E-state index >= 15 is 0 Å². The summed E-state index contributed by atoms with van der Waals surface area (Å²) >= 11 is 24.4. The summed E-state index contributed by atoms with van der Waals surface area (Å²) in [5, 5.41) is 2.95. The van der Waals surface area contributed by atoms with Crippen LogP contribution in [0, 0.1) is 0 Å². The Morgan fingerprint density at radius 3 is 1.88 bits per heavy atom. The highest BCUT2D eigenvalue weighted by Crippen LogP contribution is 2.22. The largest absolute Gasteiger partial charge is 0.346 e. The Labute approximate surface area is 216 Å². The van der Waals surface area contributed by atoms with E-state index in [1.54, 1.807) is 6.07 Å². The molecule has 33 heavy (non-hydrogen) atoms. The SMILES string of the molecule is CCB(c1ccccc1Cl)c1ccccc1Cl.CCc1cnc(Cc2ccc(Cl)cc2Cl)[nH]1. The molecule has 0 saturated carbocycles. The highest BCUT2D eigenvalue weighted by molar-refractivity contribution is 6.88. The number of H-pyrrole nitrogens is 1. The van der Waals surface area contributed by atoms with Crippen LogP contribution in [-0.4, -0.2) is 16.7 Å². The van der Waals surface area contributed by atoms with E-state index in [0.29, 0.717) is 16.5 Å². The molecule has 0 saturated heterocycles. The minimum Gasteiger partial charge on any atom is -0.346 e. The summed E-state index contributed by atoms with van der Waals surface area (Å²) in [6.45, 7) is 4.50. The smallest absolute Gasteiger partial charge is 0.212 e. The van der Waals surface area contributed by atoms with Crippen molar-refractivity contribution in [2.75, 3.05) is 0 Å². The van der Waals surface area contributed by atoms with Crippen molar-refractivity contribution in [1.29, 1.82) is 0 Å². The van der Waals surface area contributed by atoms with Gasteiger partial charge in [-0.05, 0) is 36.2 Å². The van der Waals surface area contributed by atoms with Gasteiger partial charge in [-0.3, -0.25) is 0 Å². The molecule has 2 nitrogen and oxygen atoms in total. The number of benzene rings is 3. The van der Waals surface area contributed by atoms with Gasteiger partial charge in [0.2, 0.25) is 6.71 Å². The highest BCUT2D eigenvalue weighted by Gasteiger charge is 2.21. The molecule has 0 aliphatic heterocycles. The molecule has 0 amide bonds. The molecular weight excluding hydrogens is 493 g/mol. The molecule has 7 heteroatoms. The molecule has 1 aromatic heterocycles. The predicted octanol–water partition coefficient (Wildman–Crippen LogP) is 7.49. The monoisotopic (exact) mass is 516 g/mol. The molecule has 1 heterocycles. The first-order valence-electron chi connectivity index (χ1n) is 10.9. The zero-order chi connectivity index (χ0) is 23.8. The molecule has 0 unspecified atom stereocenters. The van der Waals surface area contributed by atoms with Gasteiger partial charge in [-0.15, -0.1) is 0 Å². The third-order valence-electron chi connectivity index (χ3n) is 5.40. The van der Waals surface area contributed by atoms with E-state index in [1.165, 1.54) is 0 Å². The van der Waals surface area contributed by atoms with Gasteiger partial charge < -0.3 is 4.98 Å². The second kappa shape index (κ2) is 12.5. The number of halogens is 4. The second-order valence-electron chi connectivity index (χ2n) is 7.63. The molecular formula is C26H25BCl4N2. The Balaban J connectivity index is 0.000000186. The summed E-state index contributed by atoms with van der Waals surface area (Å²) in [6, 6.07) is 21.4. The van der Waals surface area contributed by atoms with Crippen LogP contribution in [0.25, 0.3) is 0 Å². The quantitative estimate of drug-likeness (QED) is 0.264. The average molecular weight is 518 g/mol. The van der Waals surface area contributed by atoms with Gasteiger partial charge in [-0.1, -0.05) is 120 Å². The molecule has 0 atom stereocenters. The van der Waals surface area contributed by atoms with Crippen molar-refractivity contribution in [3.63, 3.8) is 0 Å². The van der Waals surface area contributed by atoms with Crippen LogP contribution in [0.15, 0.2) is 72.9 Å². The first-order chi connectivity index (χ1) is 15.9. The lowest BCUT2D eigenvalue weighted by atomic mass is 9.39. The average Bonchev–Trinajstić information content (AvgIpc) is 3.27. The number of nitrogens with one attached hydrogen (secondary N) is 1. The number of nitrogens with zero attached hydrogens (tertiary/aromatic N) is 1. The Bertz CT molecular complexity index is 1150. The third-order valence-corrected chi connectivity index (χ3v) is 6.68. The number of aryl methyl sites for hydroxylation is 1. The van der Waals surface area contributed by atoms with Crippen LogP contribution in [-0.2, 0) is 12.8 Å². The standard InChI is InChI=1S/C14H13BCl2.C12H12Cl2N2/c1-2-15(11-7-3-5-9-13(11)16)12-8-4-6-10-14(12)17;1-2-10-7-15-12(16-10)5-8-3-4-9(13)6-11(8)14/h3-10H,2H2,1H3;3-4,6-7H,2,5H2,1H3,(H,15,16). The van der Waals surface area contributed by atoms with Gasteiger partial charge in [0.25, 0.3) is 0 Å². The number of aromatic nitrogens is 2. The van der Waals surface area contributed by atoms with Crippen LogP contribution in [0.2, 0.25) is 26.4 Å². The lowest BCUT2D eigenvalue weighted by molar-refractivity contribution is 0.988. The topological polar surface area (TPSA) is 28.7 Å². The summed E-state index contributed by atoms with van der Waals surface area (Å²) < 4.78 is 0. The molecule has 0 spiro atoms. The van der Waals surface area contributed by atoms with E-state index in [0.717, 1.165) is 50.8 Å². The summed E-state index contributed by atoms with van der Waals surface area (Å²) in [7, 11) is 0. The minimum absolute atomic E-state index is 0.261. The Hall–Kier alpha value is -1.91. The van der Waals surface area contributed by atoms with Crippen molar-refractivity contribution in [1.82, 2.24) is 9.97 Å². The molecule has 0 fully saturated rings. The summed E-state index contributed by atoms with van der Waals surface area (Å²) in [5.74, 6) is 0.932. The zero-order valence-electron chi connectivity index (χ0n) is 18.6. The van der Waals surface area contributed by atoms with Crippen LogP contribution >= 0.6 is 46.4 Å². The second-order valence-corrected chi connectivity index (χ2v) is 9.28. The van der Waals surface area contributed by atoms with Crippen molar-refractivity contribution < 1.29 is 0 Å². The summed E-state index contributed by atoms with van der Waals surface area (Å²) in [5.41, 5.74) is 4.46. The van der Waals surface area contributed by atoms with Gasteiger partial charge >= 0.3 is 0 Å². The molecule has 0 radical (unpaired) electrons. The Kier molecular flexibility index (Phi) is 9.76. The molecule has 4 aromatic rings. The number of hydrogen-bond donors (Lipinski definition) is 1. The van der Waals surface area contributed by atoms with Crippen molar-refractivity contribution in [3.05, 3.63) is 110 Å². The molecule has 170 valence electrons. The lowest BCUT2D eigenvalue weighted by Gasteiger charge is -2.15. The van der Waals surface area contributed by atoms with Crippen molar-refractivity contribution in [2.45, 2.75) is 33.0 Å². The molecule has 0 aliphatic rings. The van der Waals surface area contributed by atoms with Crippen LogP contribution in [0.1, 0.15) is 30.9 Å². The normalized spacial score (nSPS) is 10.5. The minimum atomic E-state index is 0.261. The highest BCUT2D eigenvalue weighted by atomic mass is 35.5. The zero-order valence-corrected chi connectivity index (χ0v) is 21.6. The molecule has 4 rings (SSSR count). The van der Waals surface area contributed by atoms with Gasteiger partial charge in [0, 0.05) is 38.4 Å². The van der Waals surface area contributed by atoms with Gasteiger partial charge in [-0.25, -0.2) is 4.98 Å². The molecule has 1 N–H and O–H groups in total. The lowest BCUT2D eigenvalue weighted by Crippen LogP contribution is -2.42. The van der Waals surface area contributed by atoms with Gasteiger partial charge in [0.05, 0.1) is 0 Å². The Morgan fingerprint density at radius 1 is 0.788 bits per heavy atom. The fourth-order valence-electron chi connectivity index (χ4n) is 3.64. The van der Waals surface area contributed by atoms with Crippen LogP contribution in [0.4, 0.5) is 0 Å². The maximum Gasteiger partial charge on any atom is 0.212 e. The predicted molar refractivity (Wildman–Crippen MR) is 146 cm³/mol. The van der Waals surface area contributed by atoms with E-state index in [4.69, 9.17) is 46.4 Å². The maximum atomic E-state index is 6.26. The van der Waals surface area contributed by atoms with Crippen molar-refractivity contribution in [2.24, 2.45) is 0 Å². The van der Waals surface area contributed by atoms with Gasteiger partial charge in [0.15, 0.2) is 0 Å². The number of rotatable bonds is 6. The number of imidazole rings is 1. The molecule has 3 aromatic carbocycles. The van der Waals surface area contributed by atoms with Crippen molar-refractivity contribution in [3.8, 4) is 0 Å². The summed E-state index contributed by atoms with van der Waals surface area (Å²) in [4.78, 5) is 7.55. The van der Waals surface area contributed by atoms with Crippen LogP contribution in [0.3, 0.4) is 0 Å². The third kappa shape index (κ3) is 7.04. The van der Waals surface area contributed by atoms with E-state index in [2.05, 4.69) is 35.9 Å². The first kappa shape index (κ1) is 25.7. The number of aromatic amines is 1.